The van der Waals surface area contributed by atoms with E-state index in [9.17, 15) is 0 Å². The first-order valence-electron chi connectivity index (χ1n) is 6.06. The van der Waals surface area contributed by atoms with Crippen LogP contribution in [0.25, 0.3) is 0 Å². The summed E-state index contributed by atoms with van der Waals surface area (Å²) in [6.07, 6.45) is 1.85. The van der Waals surface area contributed by atoms with Crippen LogP contribution in [0.4, 0.5) is 5.82 Å². The molecule has 2 aromatic rings. The molecule has 5 heteroatoms. The van der Waals surface area contributed by atoms with Crippen molar-refractivity contribution >= 4 is 5.82 Å². The van der Waals surface area contributed by atoms with Gasteiger partial charge in [0.1, 0.15) is 11.5 Å². The summed E-state index contributed by atoms with van der Waals surface area (Å²) < 4.78 is 7.46. The van der Waals surface area contributed by atoms with Crippen molar-refractivity contribution in [2.24, 2.45) is 7.05 Å². The largest absolute Gasteiger partial charge is 0.465 e. The Bertz CT molecular complexity index is 533. The van der Waals surface area contributed by atoms with E-state index >= 15 is 0 Å². The topological polar surface area (TPSA) is 55.9 Å². The summed E-state index contributed by atoms with van der Waals surface area (Å²) in [6.45, 7) is 9.12. The molecule has 5 nitrogen and oxygen atoms in total. The Morgan fingerprint density at radius 1 is 1.39 bits per heavy atom. The summed E-state index contributed by atoms with van der Waals surface area (Å²) in [5.41, 5.74) is 1.20. The van der Waals surface area contributed by atoms with Gasteiger partial charge in [-0.1, -0.05) is 26.0 Å². The van der Waals surface area contributed by atoms with Crippen LogP contribution in [0.3, 0.4) is 0 Å². The zero-order valence-electron chi connectivity index (χ0n) is 11.6. The molecule has 2 heterocycles. The van der Waals surface area contributed by atoms with Gasteiger partial charge in [-0.2, -0.15) is 0 Å². The van der Waals surface area contributed by atoms with Crippen molar-refractivity contribution < 1.29 is 4.42 Å². The number of rotatable bonds is 3. The minimum absolute atomic E-state index is 0.0373. The molecule has 1 N–H and O–H groups in total. The zero-order valence-corrected chi connectivity index (χ0v) is 11.6. The van der Waals surface area contributed by atoms with Crippen LogP contribution in [0.2, 0.25) is 0 Å². The van der Waals surface area contributed by atoms with Gasteiger partial charge in [0.05, 0.1) is 6.20 Å². The average Bonchev–Trinajstić information content (AvgIpc) is 2.81. The molecule has 0 aliphatic carbocycles. The number of aryl methyl sites for hydroxylation is 2. The van der Waals surface area contributed by atoms with Gasteiger partial charge < -0.3 is 9.73 Å². The van der Waals surface area contributed by atoms with E-state index in [-0.39, 0.29) is 5.41 Å². The van der Waals surface area contributed by atoms with Crippen molar-refractivity contribution in [3.05, 3.63) is 29.3 Å². The van der Waals surface area contributed by atoms with E-state index in [1.807, 2.05) is 20.2 Å². The maximum absolute atomic E-state index is 5.79. The highest BCUT2D eigenvalue weighted by molar-refractivity contribution is 5.33. The van der Waals surface area contributed by atoms with Crippen LogP contribution in [0.15, 0.2) is 16.7 Å². The molecule has 0 saturated carbocycles. The Morgan fingerprint density at radius 2 is 2.11 bits per heavy atom. The fraction of sp³-hybridized carbons (Fsp3) is 0.538. The first-order valence-corrected chi connectivity index (χ1v) is 6.06. The predicted molar refractivity (Wildman–Crippen MR) is 70.5 cm³/mol. The number of hydrogen-bond donors (Lipinski definition) is 1. The van der Waals surface area contributed by atoms with Gasteiger partial charge in [0.25, 0.3) is 0 Å². The van der Waals surface area contributed by atoms with Gasteiger partial charge >= 0.3 is 0 Å². The third-order valence-corrected chi connectivity index (χ3v) is 2.82. The summed E-state index contributed by atoms with van der Waals surface area (Å²) in [4.78, 5) is 0. The number of nitrogens with one attached hydrogen (secondary N) is 1. The molecular formula is C13H20N4O. The minimum atomic E-state index is 0.0373. The number of nitrogens with zero attached hydrogens (tertiary/aromatic N) is 3. The van der Waals surface area contributed by atoms with Crippen LogP contribution in [0.5, 0.6) is 0 Å². The first kappa shape index (κ1) is 12.7. The van der Waals surface area contributed by atoms with E-state index in [1.54, 1.807) is 4.68 Å². The number of hydrogen-bond acceptors (Lipinski definition) is 4. The highest BCUT2D eigenvalue weighted by Gasteiger charge is 2.20. The van der Waals surface area contributed by atoms with Gasteiger partial charge in [0.2, 0.25) is 0 Å². The Morgan fingerprint density at radius 3 is 2.61 bits per heavy atom. The molecule has 0 aliphatic rings. The quantitative estimate of drug-likeness (QED) is 0.907. The third kappa shape index (κ3) is 2.72. The molecular weight excluding hydrogens is 228 g/mol. The summed E-state index contributed by atoms with van der Waals surface area (Å²) in [7, 11) is 1.85. The molecule has 0 aliphatic heterocycles. The van der Waals surface area contributed by atoms with Crippen LogP contribution < -0.4 is 5.32 Å². The van der Waals surface area contributed by atoms with Crippen molar-refractivity contribution in [2.45, 2.75) is 39.7 Å². The van der Waals surface area contributed by atoms with E-state index in [2.05, 4.69) is 42.5 Å². The molecule has 0 bridgehead atoms. The van der Waals surface area contributed by atoms with Crippen molar-refractivity contribution in [2.75, 3.05) is 5.32 Å². The molecule has 18 heavy (non-hydrogen) atoms. The van der Waals surface area contributed by atoms with Gasteiger partial charge in [-0.15, -0.1) is 5.10 Å². The van der Waals surface area contributed by atoms with Gasteiger partial charge in [-0.25, -0.2) is 0 Å². The zero-order chi connectivity index (χ0) is 13.3. The fourth-order valence-corrected chi connectivity index (χ4v) is 1.68. The van der Waals surface area contributed by atoms with E-state index in [0.29, 0.717) is 6.54 Å². The van der Waals surface area contributed by atoms with Crippen LogP contribution in [0.1, 0.15) is 37.9 Å². The van der Waals surface area contributed by atoms with Crippen LogP contribution in [-0.4, -0.2) is 15.0 Å². The third-order valence-electron chi connectivity index (χ3n) is 2.82. The molecule has 98 valence electrons. The molecule has 0 aromatic carbocycles. The van der Waals surface area contributed by atoms with Crippen molar-refractivity contribution in [1.29, 1.82) is 0 Å². The lowest BCUT2D eigenvalue weighted by molar-refractivity contribution is 0.395. The van der Waals surface area contributed by atoms with Crippen LogP contribution in [0, 0.1) is 6.92 Å². The van der Waals surface area contributed by atoms with Crippen LogP contribution in [-0.2, 0) is 19.0 Å². The second-order valence-corrected chi connectivity index (χ2v) is 5.57. The number of aromatic nitrogens is 3. The van der Waals surface area contributed by atoms with Crippen molar-refractivity contribution in [1.82, 2.24) is 15.0 Å². The molecule has 0 amide bonds. The monoisotopic (exact) mass is 248 g/mol. The Hall–Kier alpha value is -1.78. The SMILES string of the molecule is Cc1oc(C(C)(C)C)cc1CNc1cn(C)nn1. The summed E-state index contributed by atoms with van der Waals surface area (Å²) in [5, 5.41) is 11.1. The van der Waals surface area contributed by atoms with Gasteiger partial charge in [0.15, 0.2) is 5.82 Å². The Kier molecular flexibility index (Phi) is 3.15. The van der Waals surface area contributed by atoms with Gasteiger partial charge in [-0.3, -0.25) is 4.68 Å². The maximum atomic E-state index is 5.79. The average molecular weight is 248 g/mol. The Balaban J connectivity index is 2.08. The lowest BCUT2D eigenvalue weighted by Gasteiger charge is -2.13. The van der Waals surface area contributed by atoms with Gasteiger partial charge in [-0.05, 0) is 13.0 Å². The molecule has 2 aromatic heterocycles. The predicted octanol–water partition coefficient (Wildman–Crippen LogP) is 2.63. The van der Waals surface area contributed by atoms with E-state index in [1.165, 1.54) is 0 Å². The molecule has 2 rings (SSSR count). The summed E-state index contributed by atoms with van der Waals surface area (Å²) >= 11 is 0. The van der Waals surface area contributed by atoms with Crippen molar-refractivity contribution in [3.63, 3.8) is 0 Å². The molecule has 0 fully saturated rings. The number of furan rings is 1. The highest BCUT2D eigenvalue weighted by atomic mass is 16.3. The molecule has 0 spiro atoms. The second-order valence-electron chi connectivity index (χ2n) is 5.57. The van der Waals surface area contributed by atoms with E-state index in [4.69, 9.17) is 4.42 Å². The smallest absolute Gasteiger partial charge is 0.168 e. The molecule has 0 radical (unpaired) electrons. The maximum Gasteiger partial charge on any atom is 0.168 e. The molecule has 0 saturated heterocycles. The summed E-state index contributed by atoms with van der Waals surface area (Å²) in [5.74, 6) is 2.74. The number of anilines is 1. The second kappa shape index (κ2) is 4.48. The van der Waals surface area contributed by atoms with Gasteiger partial charge in [0, 0.05) is 24.6 Å². The fourth-order valence-electron chi connectivity index (χ4n) is 1.68. The van der Waals surface area contributed by atoms with E-state index < -0.39 is 0 Å². The van der Waals surface area contributed by atoms with E-state index in [0.717, 1.165) is 22.9 Å². The summed E-state index contributed by atoms with van der Waals surface area (Å²) in [6, 6.07) is 2.11. The highest BCUT2D eigenvalue weighted by Crippen LogP contribution is 2.27. The standard InChI is InChI=1S/C13H20N4O/c1-9-10(6-11(18-9)13(2,3)4)7-14-12-8-17(5)16-15-12/h6,8,14H,7H2,1-5H3. The normalized spacial score (nSPS) is 11.8. The van der Waals surface area contributed by atoms with Crippen LogP contribution >= 0.6 is 0 Å². The first-order chi connectivity index (χ1) is 8.36. The lowest BCUT2D eigenvalue weighted by Crippen LogP contribution is -2.09. The minimum Gasteiger partial charge on any atom is -0.465 e. The molecule has 0 atom stereocenters. The van der Waals surface area contributed by atoms with Crippen molar-refractivity contribution in [3.8, 4) is 0 Å². The Labute approximate surface area is 107 Å². The molecule has 0 unspecified atom stereocenters. The lowest BCUT2D eigenvalue weighted by atomic mass is 9.93.